The van der Waals surface area contributed by atoms with Crippen LogP contribution < -0.4 is 0 Å². The molecule has 0 aliphatic heterocycles. The van der Waals surface area contributed by atoms with E-state index in [2.05, 4.69) is 10.2 Å². The molecule has 0 unspecified atom stereocenters. The van der Waals surface area contributed by atoms with Gasteiger partial charge in [-0.2, -0.15) is 10.2 Å². The number of hydrogen-bond donors (Lipinski definition) is 1. The van der Waals surface area contributed by atoms with Crippen molar-refractivity contribution in [2.45, 2.75) is 6.92 Å². The van der Waals surface area contributed by atoms with Crippen LogP contribution in [0, 0.1) is 0 Å². The summed E-state index contributed by atoms with van der Waals surface area (Å²) in [7, 11) is 0. The monoisotopic (exact) mass is 242 g/mol. The van der Waals surface area contributed by atoms with Gasteiger partial charge < -0.3 is 5.11 Å². The maximum absolute atomic E-state index is 9.00. The van der Waals surface area contributed by atoms with Gasteiger partial charge in [-0.25, -0.2) is 0 Å². The van der Waals surface area contributed by atoms with Gasteiger partial charge in [0.05, 0.1) is 11.4 Å². The van der Waals surface area contributed by atoms with Crippen LogP contribution in [-0.4, -0.2) is 11.1 Å². The summed E-state index contributed by atoms with van der Waals surface area (Å²) in [4.78, 5) is 9.00. The molecule has 0 bridgehead atoms. The van der Waals surface area contributed by atoms with Gasteiger partial charge in [-0.05, 0) is 24.3 Å². The summed E-state index contributed by atoms with van der Waals surface area (Å²) < 4.78 is 0. The summed E-state index contributed by atoms with van der Waals surface area (Å²) in [5.74, 6) is -0.833. The van der Waals surface area contributed by atoms with Gasteiger partial charge in [0.1, 0.15) is 0 Å². The second-order valence-corrected chi connectivity index (χ2v) is 3.39. The summed E-state index contributed by atoms with van der Waals surface area (Å²) in [5, 5.41) is 15.6. The molecule has 0 aliphatic rings. The first-order valence-electron chi connectivity index (χ1n) is 5.40. The van der Waals surface area contributed by atoms with E-state index in [0.717, 1.165) is 18.3 Å². The minimum Gasteiger partial charge on any atom is -0.481 e. The first kappa shape index (κ1) is 13.6. The topological polar surface area (TPSA) is 62.0 Å². The molecule has 18 heavy (non-hydrogen) atoms. The fraction of sp³-hybridized carbons (Fsp3) is 0.0714. The van der Waals surface area contributed by atoms with Crippen molar-refractivity contribution in [3.63, 3.8) is 0 Å². The number of benzene rings is 2. The SMILES string of the molecule is CC(=O)O.c1ccc(N=Nc2ccccc2)cc1. The van der Waals surface area contributed by atoms with Crippen LogP contribution in [0.1, 0.15) is 6.92 Å². The van der Waals surface area contributed by atoms with Crippen molar-refractivity contribution in [2.24, 2.45) is 10.2 Å². The van der Waals surface area contributed by atoms with E-state index in [4.69, 9.17) is 9.90 Å². The molecular formula is C14H14N2O2. The molecule has 0 heterocycles. The lowest BCUT2D eigenvalue weighted by atomic mass is 10.3. The van der Waals surface area contributed by atoms with Crippen LogP contribution in [-0.2, 0) is 4.79 Å². The van der Waals surface area contributed by atoms with Crippen molar-refractivity contribution in [1.82, 2.24) is 0 Å². The van der Waals surface area contributed by atoms with E-state index in [-0.39, 0.29) is 0 Å². The van der Waals surface area contributed by atoms with Gasteiger partial charge in [-0.1, -0.05) is 36.4 Å². The van der Waals surface area contributed by atoms with E-state index in [1.165, 1.54) is 0 Å². The third-order valence-electron chi connectivity index (χ3n) is 1.79. The van der Waals surface area contributed by atoms with Crippen molar-refractivity contribution < 1.29 is 9.90 Å². The molecule has 0 aromatic heterocycles. The molecule has 92 valence electrons. The predicted molar refractivity (Wildman–Crippen MR) is 70.4 cm³/mol. The lowest BCUT2D eigenvalue weighted by Gasteiger charge is -1.91. The highest BCUT2D eigenvalue weighted by atomic mass is 16.4. The number of carboxylic acid groups (broad SMARTS) is 1. The Morgan fingerprint density at radius 2 is 1.11 bits per heavy atom. The Bertz CT molecular complexity index is 450. The lowest BCUT2D eigenvalue weighted by Crippen LogP contribution is -1.78. The first-order chi connectivity index (χ1) is 8.68. The third kappa shape index (κ3) is 6.17. The average molecular weight is 242 g/mol. The van der Waals surface area contributed by atoms with E-state index < -0.39 is 5.97 Å². The number of carboxylic acids is 1. The van der Waals surface area contributed by atoms with Gasteiger partial charge in [0.2, 0.25) is 0 Å². The zero-order valence-electron chi connectivity index (χ0n) is 10.0. The summed E-state index contributed by atoms with van der Waals surface area (Å²) in [6.07, 6.45) is 0. The quantitative estimate of drug-likeness (QED) is 0.802. The summed E-state index contributed by atoms with van der Waals surface area (Å²) in [6, 6.07) is 19.4. The number of azo groups is 1. The van der Waals surface area contributed by atoms with Crippen LogP contribution in [0.25, 0.3) is 0 Å². The summed E-state index contributed by atoms with van der Waals surface area (Å²) in [5.41, 5.74) is 1.74. The van der Waals surface area contributed by atoms with Crippen LogP contribution in [0.15, 0.2) is 70.9 Å². The smallest absolute Gasteiger partial charge is 0.300 e. The average Bonchev–Trinajstić information content (AvgIpc) is 2.38. The van der Waals surface area contributed by atoms with Gasteiger partial charge in [-0.15, -0.1) is 0 Å². The van der Waals surface area contributed by atoms with Crippen molar-refractivity contribution in [3.05, 3.63) is 60.7 Å². The molecule has 0 radical (unpaired) electrons. The van der Waals surface area contributed by atoms with Crippen molar-refractivity contribution in [2.75, 3.05) is 0 Å². The third-order valence-corrected chi connectivity index (χ3v) is 1.79. The van der Waals surface area contributed by atoms with Crippen LogP contribution in [0.4, 0.5) is 11.4 Å². The second kappa shape index (κ2) is 7.73. The molecule has 0 spiro atoms. The van der Waals surface area contributed by atoms with Crippen LogP contribution >= 0.6 is 0 Å². The predicted octanol–water partition coefficient (Wildman–Crippen LogP) is 4.19. The molecule has 1 N–H and O–H groups in total. The molecule has 0 fully saturated rings. The number of nitrogens with zero attached hydrogens (tertiary/aromatic N) is 2. The van der Waals surface area contributed by atoms with Crippen LogP contribution in [0.5, 0.6) is 0 Å². The molecule has 0 saturated heterocycles. The number of rotatable bonds is 2. The van der Waals surface area contributed by atoms with Gasteiger partial charge >= 0.3 is 0 Å². The molecule has 0 saturated carbocycles. The largest absolute Gasteiger partial charge is 0.481 e. The number of aliphatic carboxylic acids is 1. The molecular weight excluding hydrogens is 228 g/mol. The molecule has 4 nitrogen and oxygen atoms in total. The Morgan fingerprint density at radius 3 is 1.39 bits per heavy atom. The maximum atomic E-state index is 9.00. The van der Waals surface area contributed by atoms with E-state index in [1.807, 2.05) is 60.7 Å². The zero-order chi connectivity index (χ0) is 13.2. The fourth-order valence-electron chi connectivity index (χ4n) is 1.10. The summed E-state index contributed by atoms with van der Waals surface area (Å²) in [6.45, 7) is 1.08. The van der Waals surface area contributed by atoms with Gasteiger partial charge in [-0.3, -0.25) is 4.79 Å². The molecule has 2 aromatic rings. The Morgan fingerprint density at radius 1 is 0.833 bits per heavy atom. The van der Waals surface area contributed by atoms with Crippen LogP contribution in [0.2, 0.25) is 0 Å². The molecule has 0 aliphatic carbocycles. The van der Waals surface area contributed by atoms with Crippen molar-refractivity contribution >= 4 is 17.3 Å². The lowest BCUT2D eigenvalue weighted by molar-refractivity contribution is -0.134. The minimum atomic E-state index is -0.833. The van der Waals surface area contributed by atoms with Crippen molar-refractivity contribution in [1.29, 1.82) is 0 Å². The van der Waals surface area contributed by atoms with Crippen molar-refractivity contribution in [3.8, 4) is 0 Å². The Hall–Kier alpha value is -2.49. The highest BCUT2D eigenvalue weighted by molar-refractivity contribution is 5.62. The highest BCUT2D eigenvalue weighted by Gasteiger charge is 1.86. The number of carbonyl (C=O) groups is 1. The number of hydrogen-bond acceptors (Lipinski definition) is 3. The van der Waals surface area contributed by atoms with E-state index >= 15 is 0 Å². The standard InChI is InChI=1S/C12H10N2.C2H4O2/c1-3-7-11(8-4-1)13-14-12-9-5-2-6-10-12;1-2(3)4/h1-10H;1H3,(H,3,4). The normalized spacial score (nSPS) is 9.61. The molecule has 2 rings (SSSR count). The van der Waals surface area contributed by atoms with E-state index in [9.17, 15) is 0 Å². The second-order valence-electron chi connectivity index (χ2n) is 3.39. The molecule has 0 atom stereocenters. The van der Waals surface area contributed by atoms with Gasteiger partial charge in [0, 0.05) is 6.92 Å². The van der Waals surface area contributed by atoms with Gasteiger partial charge in [0.25, 0.3) is 5.97 Å². The Balaban J connectivity index is 0.000000357. The summed E-state index contributed by atoms with van der Waals surface area (Å²) >= 11 is 0. The van der Waals surface area contributed by atoms with Crippen LogP contribution in [0.3, 0.4) is 0 Å². The Labute approximate surface area is 106 Å². The van der Waals surface area contributed by atoms with Gasteiger partial charge in [0.15, 0.2) is 0 Å². The molecule has 2 aromatic carbocycles. The first-order valence-corrected chi connectivity index (χ1v) is 5.40. The molecule has 4 heteroatoms. The minimum absolute atomic E-state index is 0.833. The maximum Gasteiger partial charge on any atom is 0.300 e. The highest BCUT2D eigenvalue weighted by Crippen LogP contribution is 2.16. The van der Waals surface area contributed by atoms with E-state index in [1.54, 1.807) is 0 Å². The fourth-order valence-corrected chi connectivity index (χ4v) is 1.10. The Kier molecular flexibility index (Phi) is 5.83. The molecule has 0 amide bonds. The van der Waals surface area contributed by atoms with E-state index in [0.29, 0.717) is 0 Å². The zero-order valence-corrected chi connectivity index (χ0v) is 10.0.